The first-order valence-corrected chi connectivity index (χ1v) is 7.67. The van der Waals surface area contributed by atoms with Crippen LogP contribution in [-0.4, -0.2) is 29.0 Å². The lowest BCUT2D eigenvalue weighted by Gasteiger charge is -2.21. The first-order chi connectivity index (χ1) is 11.3. The van der Waals surface area contributed by atoms with Crippen LogP contribution in [0.2, 0.25) is 0 Å². The number of terminal acetylenes is 1. The van der Waals surface area contributed by atoms with Crippen molar-refractivity contribution in [3.05, 3.63) is 42.2 Å². The number of pyridine rings is 2. The highest BCUT2D eigenvalue weighted by molar-refractivity contribution is 5.93. The van der Waals surface area contributed by atoms with Gasteiger partial charge >= 0.3 is 0 Å². The van der Waals surface area contributed by atoms with Crippen molar-refractivity contribution in [3.8, 4) is 23.7 Å². The molecule has 1 fully saturated rings. The van der Waals surface area contributed by atoms with Crippen LogP contribution >= 0.6 is 0 Å². The SMILES string of the molecule is C#Cc1ccnc(-c2cc(NC(=O)C3CCCNC3)ccn2)c1. The van der Waals surface area contributed by atoms with E-state index in [2.05, 4.69) is 26.5 Å². The van der Waals surface area contributed by atoms with Crippen LogP contribution < -0.4 is 10.6 Å². The minimum absolute atomic E-state index is 0.0169. The Labute approximate surface area is 135 Å². The fourth-order valence-corrected chi connectivity index (χ4v) is 2.63. The molecule has 0 saturated carbocycles. The van der Waals surface area contributed by atoms with Crippen LogP contribution in [0.3, 0.4) is 0 Å². The maximum absolute atomic E-state index is 12.3. The minimum Gasteiger partial charge on any atom is -0.326 e. The highest BCUT2D eigenvalue weighted by Gasteiger charge is 2.20. The smallest absolute Gasteiger partial charge is 0.228 e. The molecule has 0 aliphatic carbocycles. The van der Waals surface area contributed by atoms with Crippen molar-refractivity contribution in [1.82, 2.24) is 15.3 Å². The molecule has 2 aromatic heterocycles. The minimum atomic E-state index is 0.0169. The summed E-state index contributed by atoms with van der Waals surface area (Å²) in [5, 5.41) is 6.21. The van der Waals surface area contributed by atoms with Crippen LogP contribution in [0.1, 0.15) is 18.4 Å². The second kappa shape index (κ2) is 7.03. The molecule has 0 aromatic carbocycles. The van der Waals surface area contributed by atoms with E-state index in [0.29, 0.717) is 11.4 Å². The molecule has 23 heavy (non-hydrogen) atoms. The molecule has 5 nitrogen and oxygen atoms in total. The van der Waals surface area contributed by atoms with E-state index in [-0.39, 0.29) is 11.8 Å². The van der Waals surface area contributed by atoms with Crippen molar-refractivity contribution in [2.75, 3.05) is 18.4 Å². The molecule has 1 aliphatic heterocycles. The summed E-state index contributed by atoms with van der Waals surface area (Å²) in [6, 6.07) is 7.17. The number of aromatic nitrogens is 2. The number of carbonyl (C=O) groups is 1. The van der Waals surface area contributed by atoms with Crippen LogP contribution in [0.5, 0.6) is 0 Å². The largest absolute Gasteiger partial charge is 0.326 e. The predicted octanol–water partition coefficient (Wildman–Crippen LogP) is 2.06. The number of nitrogens with zero attached hydrogens (tertiary/aromatic N) is 2. The molecule has 3 heterocycles. The van der Waals surface area contributed by atoms with Crippen LogP contribution in [0.25, 0.3) is 11.4 Å². The molecule has 0 bridgehead atoms. The molecule has 0 radical (unpaired) electrons. The molecular weight excluding hydrogens is 288 g/mol. The molecule has 2 aromatic rings. The zero-order chi connectivity index (χ0) is 16.1. The predicted molar refractivity (Wildman–Crippen MR) is 89.6 cm³/mol. The van der Waals surface area contributed by atoms with Crippen molar-refractivity contribution in [2.45, 2.75) is 12.8 Å². The van der Waals surface area contributed by atoms with Gasteiger partial charge in [0.15, 0.2) is 0 Å². The van der Waals surface area contributed by atoms with Crippen molar-refractivity contribution in [3.63, 3.8) is 0 Å². The number of piperidine rings is 1. The fraction of sp³-hybridized carbons (Fsp3) is 0.278. The summed E-state index contributed by atoms with van der Waals surface area (Å²) in [6.07, 6.45) is 10.7. The highest BCUT2D eigenvalue weighted by atomic mass is 16.1. The lowest BCUT2D eigenvalue weighted by molar-refractivity contribution is -0.120. The monoisotopic (exact) mass is 306 g/mol. The Bertz CT molecular complexity index is 745. The molecule has 1 atom stereocenters. The van der Waals surface area contributed by atoms with Gasteiger partial charge in [-0.3, -0.25) is 14.8 Å². The van der Waals surface area contributed by atoms with Gasteiger partial charge in [0.2, 0.25) is 5.91 Å². The molecule has 1 aliphatic rings. The van der Waals surface area contributed by atoms with E-state index in [9.17, 15) is 4.79 Å². The molecule has 0 spiro atoms. The Hall–Kier alpha value is -2.71. The average molecular weight is 306 g/mol. The van der Waals surface area contributed by atoms with Gasteiger partial charge in [-0.15, -0.1) is 6.42 Å². The first-order valence-electron chi connectivity index (χ1n) is 7.67. The summed E-state index contributed by atoms with van der Waals surface area (Å²) in [5.41, 5.74) is 2.84. The van der Waals surface area contributed by atoms with Crippen molar-refractivity contribution in [1.29, 1.82) is 0 Å². The van der Waals surface area contributed by atoms with E-state index < -0.39 is 0 Å². The van der Waals surface area contributed by atoms with E-state index >= 15 is 0 Å². The Morgan fingerprint density at radius 1 is 1.26 bits per heavy atom. The standard InChI is InChI=1S/C18H18N4O/c1-2-13-5-8-20-16(10-13)17-11-15(6-9-21-17)22-18(23)14-4-3-7-19-12-14/h1,5-6,8-11,14,19H,3-4,7,12H2,(H,21,22,23). The molecule has 1 saturated heterocycles. The fourth-order valence-electron chi connectivity index (χ4n) is 2.63. The van der Waals surface area contributed by atoms with Gasteiger partial charge in [-0.05, 0) is 43.7 Å². The molecule has 1 unspecified atom stereocenters. The summed E-state index contributed by atoms with van der Waals surface area (Å²) in [4.78, 5) is 20.9. The zero-order valence-electron chi connectivity index (χ0n) is 12.7. The van der Waals surface area contributed by atoms with E-state index in [4.69, 9.17) is 6.42 Å². The van der Waals surface area contributed by atoms with Gasteiger partial charge in [-0.25, -0.2) is 0 Å². The van der Waals surface area contributed by atoms with E-state index in [0.717, 1.165) is 37.2 Å². The van der Waals surface area contributed by atoms with Crippen molar-refractivity contribution >= 4 is 11.6 Å². The van der Waals surface area contributed by atoms with Crippen LogP contribution in [0, 0.1) is 18.3 Å². The lowest BCUT2D eigenvalue weighted by atomic mass is 9.99. The topological polar surface area (TPSA) is 66.9 Å². The van der Waals surface area contributed by atoms with E-state index in [1.54, 1.807) is 30.6 Å². The summed E-state index contributed by atoms with van der Waals surface area (Å²) < 4.78 is 0. The highest BCUT2D eigenvalue weighted by Crippen LogP contribution is 2.20. The van der Waals surface area contributed by atoms with Crippen LogP contribution in [0.15, 0.2) is 36.7 Å². The molecular formula is C18H18N4O. The number of amides is 1. The molecule has 5 heteroatoms. The van der Waals surface area contributed by atoms with E-state index in [1.165, 1.54) is 0 Å². The molecule has 2 N–H and O–H groups in total. The molecule has 1 amide bonds. The van der Waals surface area contributed by atoms with Gasteiger partial charge in [-0.2, -0.15) is 0 Å². The second-order valence-electron chi connectivity index (χ2n) is 5.54. The summed E-state index contributed by atoms with van der Waals surface area (Å²) in [5.74, 6) is 2.64. The Balaban J connectivity index is 1.77. The lowest BCUT2D eigenvalue weighted by Crippen LogP contribution is -2.37. The van der Waals surface area contributed by atoms with Crippen LogP contribution in [-0.2, 0) is 4.79 Å². The summed E-state index contributed by atoms with van der Waals surface area (Å²) >= 11 is 0. The maximum Gasteiger partial charge on any atom is 0.228 e. The molecule has 116 valence electrons. The Morgan fingerprint density at radius 3 is 2.78 bits per heavy atom. The van der Waals surface area contributed by atoms with Gasteiger partial charge in [0.05, 0.1) is 17.3 Å². The number of rotatable bonds is 3. The number of anilines is 1. The summed E-state index contributed by atoms with van der Waals surface area (Å²) in [6.45, 7) is 1.72. The van der Waals surface area contributed by atoms with Gasteiger partial charge < -0.3 is 10.6 Å². The average Bonchev–Trinajstić information content (AvgIpc) is 2.63. The normalized spacial score (nSPS) is 17.3. The van der Waals surface area contributed by atoms with Crippen molar-refractivity contribution in [2.24, 2.45) is 5.92 Å². The maximum atomic E-state index is 12.3. The number of carbonyl (C=O) groups excluding carboxylic acids is 1. The third-order valence-electron chi connectivity index (χ3n) is 3.88. The number of hydrogen-bond acceptors (Lipinski definition) is 4. The van der Waals surface area contributed by atoms with Gasteiger partial charge in [0.1, 0.15) is 0 Å². The molecule has 3 rings (SSSR count). The Morgan fingerprint density at radius 2 is 2.04 bits per heavy atom. The first kappa shape index (κ1) is 15.2. The Kier molecular flexibility index (Phi) is 4.65. The third-order valence-corrected chi connectivity index (χ3v) is 3.88. The number of nitrogens with one attached hydrogen (secondary N) is 2. The van der Waals surface area contributed by atoms with E-state index in [1.807, 2.05) is 6.07 Å². The van der Waals surface area contributed by atoms with Gasteiger partial charge in [0.25, 0.3) is 0 Å². The second-order valence-corrected chi connectivity index (χ2v) is 5.54. The third kappa shape index (κ3) is 3.74. The van der Waals surface area contributed by atoms with Gasteiger partial charge in [0, 0.05) is 30.2 Å². The quantitative estimate of drug-likeness (QED) is 0.852. The van der Waals surface area contributed by atoms with Gasteiger partial charge in [-0.1, -0.05) is 5.92 Å². The zero-order valence-corrected chi connectivity index (χ0v) is 12.7. The summed E-state index contributed by atoms with van der Waals surface area (Å²) in [7, 11) is 0. The van der Waals surface area contributed by atoms with Crippen LogP contribution in [0.4, 0.5) is 5.69 Å². The number of hydrogen-bond donors (Lipinski definition) is 2. The van der Waals surface area contributed by atoms with Crippen molar-refractivity contribution < 1.29 is 4.79 Å².